The minimum absolute atomic E-state index is 0.340. The fourth-order valence-electron chi connectivity index (χ4n) is 2.92. The molecule has 1 aliphatic rings. The number of piperazine rings is 1. The molecule has 20 heavy (non-hydrogen) atoms. The van der Waals surface area contributed by atoms with Gasteiger partial charge in [0.1, 0.15) is 0 Å². The normalized spacial score (nSPS) is 20.2. The Morgan fingerprint density at radius 1 is 1.05 bits per heavy atom. The van der Waals surface area contributed by atoms with Gasteiger partial charge in [0, 0.05) is 37.8 Å². The summed E-state index contributed by atoms with van der Waals surface area (Å²) >= 11 is 0. The summed E-state index contributed by atoms with van der Waals surface area (Å²) in [7, 11) is 0. The average molecular weight is 284 g/mol. The fourth-order valence-corrected chi connectivity index (χ4v) is 2.92. The van der Waals surface area contributed by atoms with Crippen LogP contribution in [0.25, 0.3) is 0 Å². The Hall–Kier alpha value is -0.120. The van der Waals surface area contributed by atoms with E-state index in [1.165, 1.54) is 58.4 Å². The Morgan fingerprint density at radius 2 is 1.70 bits per heavy atom. The van der Waals surface area contributed by atoms with Crippen molar-refractivity contribution in [1.29, 1.82) is 0 Å². The molecule has 120 valence electrons. The zero-order valence-corrected chi connectivity index (χ0v) is 14.5. The molecule has 0 amide bonds. The summed E-state index contributed by atoms with van der Waals surface area (Å²) < 4.78 is 0. The lowest BCUT2D eigenvalue weighted by Gasteiger charge is -2.42. The fraction of sp³-hybridized carbons (Fsp3) is 1.00. The van der Waals surface area contributed by atoms with E-state index in [-0.39, 0.29) is 0 Å². The van der Waals surface area contributed by atoms with Crippen LogP contribution in [0.4, 0.5) is 0 Å². The highest BCUT2D eigenvalue weighted by Gasteiger charge is 2.25. The van der Waals surface area contributed by atoms with E-state index < -0.39 is 0 Å². The Bertz CT molecular complexity index is 239. The molecule has 0 spiro atoms. The molecule has 1 N–H and O–H groups in total. The zero-order valence-electron chi connectivity index (χ0n) is 14.5. The molecule has 1 atom stereocenters. The van der Waals surface area contributed by atoms with Gasteiger partial charge in [0.05, 0.1) is 0 Å². The van der Waals surface area contributed by atoms with Crippen LogP contribution in [0.3, 0.4) is 0 Å². The van der Waals surface area contributed by atoms with Gasteiger partial charge >= 0.3 is 0 Å². The second-order valence-corrected chi connectivity index (χ2v) is 7.35. The third kappa shape index (κ3) is 7.05. The van der Waals surface area contributed by atoms with Gasteiger partial charge in [-0.3, -0.25) is 4.90 Å². The van der Waals surface area contributed by atoms with Crippen LogP contribution in [0.1, 0.15) is 60.3 Å². The van der Waals surface area contributed by atoms with Gasteiger partial charge in [0.15, 0.2) is 0 Å². The van der Waals surface area contributed by atoms with Gasteiger partial charge in [0.2, 0.25) is 0 Å². The van der Waals surface area contributed by atoms with Crippen molar-refractivity contribution in [3.05, 3.63) is 0 Å². The van der Waals surface area contributed by atoms with Gasteiger partial charge in [-0.1, -0.05) is 13.3 Å². The zero-order chi connectivity index (χ0) is 15.0. The highest BCUT2D eigenvalue weighted by molar-refractivity contribution is 4.81. The summed E-state index contributed by atoms with van der Waals surface area (Å²) in [6.45, 7) is 19.0. The minimum Gasteiger partial charge on any atom is -0.314 e. The van der Waals surface area contributed by atoms with Crippen molar-refractivity contribution in [2.24, 2.45) is 0 Å². The van der Waals surface area contributed by atoms with Crippen molar-refractivity contribution in [3.63, 3.8) is 0 Å². The Kier molecular flexibility index (Phi) is 8.08. The molecular formula is C17H37N3. The Morgan fingerprint density at radius 3 is 2.25 bits per heavy atom. The minimum atomic E-state index is 0.340. The molecule has 0 aliphatic carbocycles. The number of hydrogen-bond donors (Lipinski definition) is 1. The molecule has 0 bridgehead atoms. The van der Waals surface area contributed by atoms with Crippen LogP contribution in [-0.4, -0.2) is 60.6 Å². The largest absolute Gasteiger partial charge is 0.314 e. The number of unbranched alkanes of at least 4 members (excludes halogenated alkanes) is 1. The maximum absolute atomic E-state index is 3.57. The first-order valence-electron chi connectivity index (χ1n) is 8.64. The van der Waals surface area contributed by atoms with Crippen LogP contribution < -0.4 is 5.32 Å². The predicted molar refractivity (Wildman–Crippen MR) is 89.4 cm³/mol. The van der Waals surface area contributed by atoms with E-state index in [4.69, 9.17) is 0 Å². The van der Waals surface area contributed by atoms with Gasteiger partial charge in [-0.05, 0) is 60.0 Å². The molecule has 1 heterocycles. The maximum Gasteiger partial charge on any atom is 0.0126 e. The van der Waals surface area contributed by atoms with Crippen LogP contribution in [-0.2, 0) is 0 Å². The van der Waals surface area contributed by atoms with Crippen molar-refractivity contribution >= 4 is 0 Å². The van der Waals surface area contributed by atoms with Crippen LogP contribution in [0.15, 0.2) is 0 Å². The van der Waals surface area contributed by atoms with Gasteiger partial charge in [0.25, 0.3) is 0 Å². The first-order chi connectivity index (χ1) is 9.43. The van der Waals surface area contributed by atoms with Crippen molar-refractivity contribution in [1.82, 2.24) is 15.1 Å². The first-order valence-corrected chi connectivity index (χ1v) is 8.64. The smallest absolute Gasteiger partial charge is 0.0126 e. The van der Waals surface area contributed by atoms with Crippen LogP contribution in [0, 0.1) is 0 Å². The second kappa shape index (κ2) is 9.01. The molecule has 1 saturated heterocycles. The molecule has 1 unspecified atom stereocenters. The SMILES string of the molecule is CCCNC(C)CCCCN1CCN(C(C)(C)C)CC1. The Labute approximate surface area is 127 Å². The summed E-state index contributed by atoms with van der Waals surface area (Å²) in [5, 5.41) is 3.57. The lowest BCUT2D eigenvalue weighted by atomic mass is 10.0. The molecule has 3 nitrogen and oxygen atoms in total. The molecule has 0 radical (unpaired) electrons. The summed E-state index contributed by atoms with van der Waals surface area (Å²) in [5.74, 6) is 0. The molecule has 0 aromatic carbocycles. The molecule has 0 aromatic heterocycles. The van der Waals surface area contributed by atoms with E-state index in [9.17, 15) is 0 Å². The Balaban J connectivity index is 2.04. The molecule has 0 aromatic rings. The highest BCUT2D eigenvalue weighted by atomic mass is 15.3. The van der Waals surface area contributed by atoms with E-state index in [1.54, 1.807) is 0 Å². The van der Waals surface area contributed by atoms with Gasteiger partial charge in [-0.15, -0.1) is 0 Å². The van der Waals surface area contributed by atoms with Crippen molar-refractivity contribution in [3.8, 4) is 0 Å². The maximum atomic E-state index is 3.57. The lowest BCUT2D eigenvalue weighted by molar-refractivity contribution is 0.0615. The third-order valence-electron chi connectivity index (χ3n) is 4.43. The van der Waals surface area contributed by atoms with Gasteiger partial charge in [-0.2, -0.15) is 0 Å². The quantitative estimate of drug-likeness (QED) is 0.691. The number of hydrogen-bond acceptors (Lipinski definition) is 3. The molecule has 1 fully saturated rings. The third-order valence-corrected chi connectivity index (χ3v) is 4.43. The molecule has 1 rings (SSSR count). The van der Waals surface area contributed by atoms with Crippen molar-refractivity contribution in [2.75, 3.05) is 39.3 Å². The molecule has 3 heteroatoms. The van der Waals surface area contributed by atoms with E-state index in [2.05, 4.69) is 49.7 Å². The van der Waals surface area contributed by atoms with E-state index in [0.717, 1.165) is 6.54 Å². The van der Waals surface area contributed by atoms with Crippen LogP contribution in [0.5, 0.6) is 0 Å². The van der Waals surface area contributed by atoms with E-state index >= 15 is 0 Å². The first kappa shape index (κ1) is 17.9. The summed E-state index contributed by atoms with van der Waals surface area (Å²) in [5.41, 5.74) is 0.340. The summed E-state index contributed by atoms with van der Waals surface area (Å²) in [4.78, 5) is 5.26. The monoisotopic (exact) mass is 283 g/mol. The van der Waals surface area contributed by atoms with E-state index in [1.807, 2.05) is 0 Å². The number of rotatable bonds is 8. The van der Waals surface area contributed by atoms with Gasteiger partial charge in [-0.25, -0.2) is 0 Å². The standard InChI is InChI=1S/C17H37N3/c1-6-10-18-16(2)9-7-8-11-19-12-14-20(15-13-19)17(3,4)5/h16,18H,6-15H2,1-5H3. The highest BCUT2D eigenvalue weighted by Crippen LogP contribution is 2.16. The second-order valence-electron chi connectivity index (χ2n) is 7.35. The lowest BCUT2D eigenvalue weighted by Crippen LogP contribution is -2.53. The average Bonchev–Trinajstić information content (AvgIpc) is 2.41. The number of nitrogens with zero attached hydrogens (tertiary/aromatic N) is 2. The topological polar surface area (TPSA) is 18.5 Å². The van der Waals surface area contributed by atoms with Crippen LogP contribution in [0.2, 0.25) is 0 Å². The van der Waals surface area contributed by atoms with E-state index in [0.29, 0.717) is 11.6 Å². The van der Waals surface area contributed by atoms with Crippen molar-refractivity contribution < 1.29 is 0 Å². The number of nitrogens with one attached hydrogen (secondary N) is 1. The van der Waals surface area contributed by atoms with Gasteiger partial charge < -0.3 is 10.2 Å². The van der Waals surface area contributed by atoms with Crippen molar-refractivity contribution in [2.45, 2.75) is 71.9 Å². The molecular weight excluding hydrogens is 246 g/mol. The summed E-state index contributed by atoms with van der Waals surface area (Å²) in [6, 6.07) is 0.688. The molecule has 1 aliphatic heterocycles. The molecule has 0 saturated carbocycles. The van der Waals surface area contributed by atoms with Crippen LogP contribution >= 0.6 is 0 Å². The predicted octanol–water partition coefficient (Wildman–Crippen LogP) is 2.96. The summed E-state index contributed by atoms with van der Waals surface area (Å²) in [6.07, 6.45) is 5.27.